The van der Waals surface area contributed by atoms with Gasteiger partial charge >= 0.3 is 5.97 Å². The van der Waals surface area contributed by atoms with Crippen LogP contribution in [0.4, 0.5) is 0 Å². The molecule has 5 aliphatic rings. The Labute approximate surface area is 268 Å². The number of likely N-dealkylation sites (N-methyl/N-ethyl adjacent to an activating group) is 1. The van der Waals surface area contributed by atoms with Crippen LogP contribution in [0.3, 0.4) is 0 Å². The number of benzene rings is 3. The normalized spacial score (nSPS) is 26.0. The number of carbonyl (C=O) groups is 1. The molecule has 10 heteroatoms. The summed E-state index contributed by atoms with van der Waals surface area (Å²) in [7, 11) is 3.64. The van der Waals surface area contributed by atoms with Crippen molar-refractivity contribution in [3.05, 3.63) is 74.8 Å². The number of phenolic OH excluding ortho intramolecular Hbond substituents is 1. The second-order valence-corrected chi connectivity index (χ2v) is 13.3. The zero-order valence-electron chi connectivity index (χ0n) is 26.8. The highest BCUT2D eigenvalue weighted by molar-refractivity contribution is 5.74. The van der Waals surface area contributed by atoms with Crippen molar-refractivity contribution in [1.82, 2.24) is 14.7 Å². The number of fused-ring (bicyclic) bond motifs is 10. The van der Waals surface area contributed by atoms with Gasteiger partial charge in [-0.25, -0.2) is 0 Å². The van der Waals surface area contributed by atoms with E-state index in [2.05, 4.69) is 58.1 Å². The van der Waals surface area contributed by atoms with Crippen LogP contribution in [0.25, 0.3) is 0 Å². The third-order valence-corrected chi connectivity index (χ3v) is 10.8. The van der Waals surface area contributed by atoms with Crippen molar-refractivity contribution in [2.75, 3.05) is 27.5 Å². The molecular formula is C36H38N4O6. The van der Waals surface area contributed by atoms with Gasteiger partial charge in [0, 0.05) is 60.9 Å². The first-order valence-electron chi connectivity index (χ1n) is 15.9. The highest BCUT2D eigenvalue weighted by atomic mass is 16.7. The molecule has 8 rings (SSSR count). The third-order valence-electron chi connectivity index (χ3n) is 10.8. The van der Waals surface area contributed by atoms with Crippen LogP contribution in [-0.2, 0) is 30.7 Å². The summed E-state index contributed by atoms with van der Waals surface area (Å²) >= 11 is 0. The topological polar surface area (TPSA) is 108 Å². The fourth-order valence-corrected chi connectivity index (χ4v) is 9.07. The minimum absolute atomic E-state index is 0.0769. The number of ether oxygens (including phenoxy) is 4. The van der Waals surface area contributed by atoms with Gasteiger partial charge in [-0.15, -0.1) is 0 Å². The number of methoxy groups -OCH3 is 1. The summed E-state index contributed by atoms with van der Waals surface area (Å²) in [6.07, 6.45) is 1.11. The molecule has 10 nitrogen and oxygen atoms in total. The summed E-state index contributed by atoms with van der Waals surface area (Å²) in [5.41, 5.74) is 7.91. The van der Waals surface area contributed by atoms with E-state index in [1.54, 1.807) is 7.11 Å². The van der Waals surface area contributed by atoms with Crippen LogP contribution in [0.2, 0.25) is 0 Å². The molecule has 5 aliphatic heterocycles. The van der Waals surface area contributed by atoms with Gasteiger partial charge in [0.1, 0.15) is 11.8 Å². The number of piperazine rings is 1. The first-order chi connectivity index (χ1) is 22.2. The van der Waals surface area contributed by atoms with Crippen molar-refractivity contribution < 1.29 is 28.8 Å². The molecule has 238 valence electrons. The zero-order chi connectivity index (χ0) is 32.0. The molecule has 4 unspecified atom stereocenters. The highest BCUT2D eigenvalue weighted by Gasteiger charge is 2.57. The quantitative estimate of drug-likeness (QED) is 0.331. The molecule has 0 aliphatic carbocycles. The van der Waals surface area contributed by atoms with Crippen LogP contribution < -0.4 is 18.9 Å². The number of esters is 1. The Morgan fingerprint density at radius 1 is 1.04 bits per heavy atom. The summed E-state index contributed by atoms with van der Waals surface area (Å²) in [4.78, 5) is 19.6. The van der Waals surface area contributed by atoms with Gasteiger partial charge in [-0.1, -0.05) is 30.3 Å². The lowest BCUT2D eigenvalue weighted by Crippen LogP contribution is -2.68. The molecule has 0 radical (unpaired) electrons. The van der Waals surface area contributed by atoms with E-state index in [4.69, 9.17) is 18.9 Å². The van der Waals surface area contributed by atoms with Crippen LogP contribution in [0, 0.1) is 25.2 Å². The Morgan fingerprint density at radius 2 is 1.76 bits per heavy atom. The lowest BCUT2D eigenvalue weighted by atomic mass is 9.71. The molecule has 5 atom stereocenters. The van der Waals surface area contributed by atoms with E-state index in [1.807, 2.05) is 13.8 Å². The Bertz CT molecular complexity index is 1810. The molecule has 3 aromatic carbocycles. The van der Waals surface area contributed by atoms with Crippen LogP contribution in [-0.4, -0.2) is 71.4 Å². The van der Waals surface area contributed by atoms with Crippen LogP contribution in [0.5, 0.6) is 28.7 Å². The van der Waals surface area contributed by atoms with Gasteiger partial charge in [0.15, 0.2) is 23.0 Å². The smallest absolute Gasteiger partial charge is 0.308 e. The molecule has 2 bridgehead atoms. The molecule has 0 saturated carbocycles. The van der Waals surface area contributed by atoms with E-state index >= 15 is 0 Å². The average molecular weight is 623 g/mol. The number of aryl methyl sites for hydroxylation is 1. The number of nitrogens with zero attached hydrogens (tertiary/aromatic N) is 4. The van der Waals surface area contributed by atoms with Crippen LogP contribution >= 0.6 is 0 Å². The number of hydrogen-bond donors (Lipinski definition) is 1. The van der Waals surface area contributed by atoms with Crippen LogP contribution in [0.1, 0.15) is 63.5 Å². The predicted octanol–water partition coefficient (Wildman–Crippen LogP) is 4.46. The Morgan fingerprint density at radius 3 is 2.43 bits per heavy atom. The fourth-order valence-electron chi connectivity index (χ4n) is 9.07. The van der Waals surface area contributed by atoms with Gasteiger partial charge in [0.05, 0.1) is 25.3 Å². The largest absolute Gasteiger partial charge is 0.504 e. The van der Waals surface area contributed by atoms with Crippen molar-refractivity contribution in [2.24, 2.45) is 0 Å². The van der Waals surface area contributed by atoms with Crippen molar-refractivity contribution in [1.29, 1.82) is 5.26 Å². The van der Waals surface area contributed by atoms with Gasteiger partial charge < -0.3 is 24.1 Å². The van der Waals surface area contributed by atoms with E-state index in [9.17, 15) is 15.2 Å². The maximum Gasteiger partial charge on any atom is 0.308 e. The van der Waals surface area contributed by atoms with Crippen LogP contribution in [0.15, 0.2) is 30.3 Å². The summed E-state index contributed by atoms with van der Waals surface area (Å²) in [6.45, 7) is 7.57. The number of carbonyl (C=O) groups excluding carboxylic acids is 1. The molecule has 46 heavy (non-hydrogen) atoms. The Balaban J connectivity index is 1.35. The predicted molar refractivity (Wildman–Crippen MR) is 168 cm³/mol. The molecule has 1 saturated heterocycles. The lowest BCUT2D eigenvalue weighted by Gasteiger charge is -2.60. The van der Waals surface area contributed by atoms with Crippen molar-refractivity contribution in [3.8, 4) is 34.8 Å². The van der Waals surface area contributed by atoms with Crippen molar-refractivity contribution >= 4 is 5.97 Å². The van der Waals surface area contributed by atoms with E-state index in [-0.39, 0.29) is 36.7 Å². The number of nitriles is 1. The number of phenols is 1. The second-order valence-electron chi connectivity index (χ2n) is 13.3. The minimum Gasteiger partial charge on any atom is -0.504 e. The molecule has 5 heterocycles. The molecule has 3 aromatic rings. The van der Waals surface area contributed by atoms with Gasteiger partial charge in [0.25, 0.3) is 0 Å². The maximum absolute atomic E-state index is 12.5. The van der Waals surface area contributed by atoms with E-state index in [0.717, 1.165) is 46.5 Å². The molecular weight excluding hydrogens is 584 g/mol. The monoisotopic (exact) mass is 622 g/mol. The van der Waals surface area contributed by atoms with Gasteiger partial charge in [-0.3, -0.25) is 19.5 Å². The van der Waals surface area contributed by atoms with E-state index in [1.165, 1.54) is 18.1 Å². The van der Waals surface area contributed by atoms with Gasteiger partial charge in [0.2, 0.25) is 6.79 Å². The van der Waals surface area contributed by atoms with Gasteiger partial charge in [-0.2, -0.15) is 5.26 Å². The summed E-state index contributed by atoms with van der Waals surface area (Å²) in [6, 6.07) is 12.1. The first kappa shape index (κ1) is 29.1. The van der Waals surface area contributed by atoms with Crippen molar-refractivity contribution in [2.45, 2.75) is 76.9 Å². The average Bonchev–Trinajstić information content (AvgIpc) is 3.67. The summed E-state index contributed by atoms with van der Waals surface area (Å²) in [5, 5.41) is 22.7. The summed E-state index contributed by atoms with van der Waals surface area (Å²) < 4.78 is 23.9. The minimum atomic E-state index is -0.441. The number of aromatic hydroxyl groups is 1. The molecule has 0 aromatic heterocycles. The lowest BCUT2D eigenvalue weighted by molar-refractivity contribution is -0.132. The van der Waals surface area contributed by atoms with Gasteiger partial charge in [-0.05, 0) is 56.0 Å². The van der Waals surface area contributed by atoms with Crippen molar-refractivity contribution in [3.63, 3.8) is 0 Å². The number of hydrogen-bond acceptors (Lipinski definition) is 10. The zero-order valence-corrected chi connectivity index (χ0v) is 26.8. The first-order valence-corrected chi connectivity index (χ1v) is 15.9. The molecule has 1 N–H and O–H groups in total. The maximum atomic E-state index is 12.5. The molecule has 0 amide bonds. The number of rotatable bonds is 4. The second kappa shape index (κ2) is 10.6. The fraction of sp³-hybridized carbons (Fsp3) is 0.444. The Hall–Kier alpha value is -4.30. The Kier molecular flexibility index (Phi) is 6.73. The SMILES string of the molecule is COc1c(C)cc2c(c1O)C1C3Cc4c(OC(C)=O)c(C)c5c(c4[C@H](CN4Cc6ccccc6C4)N3C(C#N)C(C2)N1C)OCO5. The third kappa shape index (κ3) is 4.08. The highest BCUT2D eigenvalue weighted by Crippen LogP contribution is 2.58. The van der Waals surface area contributed by atoms with E-state index in [0.29, 0.717) is 42.4 Å². The van der Waals surface area contributed by atoms with E-state index < -0.39 is 12.0 Å². The molecule has 1 fully saturated rings. The standard InChI is InChI=1S/C36H38N4O6/c1-18-10-23-11-25-27(13-37)40-26(31(38(25)4)29(23)32(42)33(18)43-5)12-24-30(28(40)16-39-14-21-8-6-7-9-22(21)15-39)36-35(44-17-45-36)19(2)34(24)46-20(3)41/h6-10,25-28,31,42H,11-12,14-17H2,1-5H3/t25?,26?,27?,28-,31?/m0/s1. The molecule has 0 spiro atoms. The summed E-state index contributed by atoms with van der Waals surface area (Å²) in [5.74, 6) is 1.99.